The van der Waals surface area contributed by atoms with E-state index < -0.39 is 0 Å². The van der Waals surface area contributed by atoms with Gasteiger partial charge in [-0.05, 0) is 12.8 Å². The Bertz CT molecular complexity index is 203. The van der Waals surface area contributed by atoms with Crippen molar-refractivity contribution in [2.45, 2.75) is 39.5 Å². The predicted molar refractivity (Wildman–Crippen MR) is 63.8 cm³/mol. The smallest absolute Gasteiger partial charge is 0.237 e. The SMILES string of the molecule is CCCC[C@@H](CC)C(=O)NN1CCOCC1. The van der Waals surface area contributed by atoms with Gasteiger partial charge in [-0.1, -0.05) is 26.7 Å². The van der Waals surface area contributed by atoms with E-state index in [1.807, 2.05) is 5.01 Å². The second-order valence-corrected chi connectivity index (χ2v) is 4.32. The van der Waals surface area contributed by atoms with Gasteiger partial charge in [-0.2, -0.15) is 0 Å². The summed E-state index contributed by atoms with van der Waals surface area (Å²) in [6, 6.07) is 0. The lowest BCUT2D eigenvalue weighted by Gasteiger charge is -2.28. The summed E-state index contributed by atoms with van der Waals surface area (Å²) in [6.45, 7) is 7.27. The van der Waals surface area contributed by atoms with Crippen molar-refractivity contribution >= 4 is 5.91 Å². The monoisotopic (exact) mass is 228 g/mol. The van der Waals surface area contributed by atoms with Gasteiger partial charge in [0.1, 0.15) is 0 Å². The summed E-state index contributed by atoms with van der Waals surface area (Å²) in [5.41, 5.74) is 2.99. The Morgan fingerprint density at radius 1 is 1.38 bits per heavy atom. The van der Waals surface area contributed by atoms with Crippen molar-refractivity contribution in [1.82, 2.24) is 10.4 Å². The first-order chi connectivity index (χ1) is 7.77. The Hall–Kier alpha value is -0.610. The molecule has 1 saturated heterocycles. The van der Waals surface area contributed by atoms with Crippen LogP contribution in [0.4, 0.5) is 0 Å². The molecule has 1 amide bonds. The maximum Gasteiger partial charge on any atom is 0.237 e. The summed E-state index contributed by atoms with van der Waals surface area (Å²) in [4.78, 5) is 12.0. The number of amides is 1. The predicted octanol–water partition coefficient (Wildman–Crippen LogP) is 1.57. The van der Waals surface area contributed by atoms with Crippen LogP contribution in [0.1, 0.15) is 39.5 Å². The number of rotatable bonds is 6. The summed E-state index contributed by atoms with van der Waals surface area (Å²) in [7, 11) is 0. The third-order valence-electron chi connectivity index (χ3n) is 3.05. The van der Waals surface area contributed by atoms with Crippen LogP contribution in [0.2, 0.25) is 0 Å². The van der Waals surface area contributed by atoms with Crippen molar-refractivity contribution in [2.24, 2.45) is 5.92 Å². The van der Waals surface area contributed by atoms with Gasteiger partial charge in [0, 0.05) is 19.0 Å². The van der Waals surface area contributed by atoms with Crippen LogP contribution in [-0.2, 0) is 9.53 Å². The zero-order valence-corrected chi connectivity index (χ0v) is 10.5. The lowest BCUT2D eigenvalue weighted by molar-refractivity contribution is -0.132. The van der Waals surface area contributed by atoms with Crippen molar-refractivity contribution in [3.8, 4) is 0 Å². The van der Waals surface area contributed by atoms with E-state index in [-0.39, 0.29) is 11.8 Å². The molecule has 1 fully saturated rings. The summed E-state index contributed by atoms with van der Waals surface area (Å²) in [5, 5.41) is 1.97. The number of carbonyl (C=O) groups is 1. The van der Waals surface area contributed by atoms with Crippen LogP contribution in [0, 0.1) is 5.92 Å². The zero-order valence-electron chi connectivity index (χ0n) is 10.5. The Morgan fingerprint density at radius 3 is 2.62 bits per heavy atom. The fourth-order valence-electron chi connectivity index (χ4n) is 1.89. The number of carbonyl (C=O) groups excluding carboxylic acids is 1. The van der Waals surface area contributed by atoms with Gasteiger partial charge in [0.25, 0.3) is 0 Å². The van der Waals surface area contributed by atoms with Crippen molar-refractivity contribution < 1.29 is 9.53 Å². The Labute approximate surface area is 98.3 Å². The minimum atomic E-state index is 0.169. The van der Waals surface area contributed by atoms with Gasteiger partial charge in [0.15, 0.2) is 0 Å². The molecule has 4 heteroatoms. The van der Waals surface area contributed by atoms with E-state index in [1.54, 1.807) is 0 Å². The van der Waals surface area contributed by atoms with Crippen molar-refractivity contribution in [1.29, 1.82) is 0 Å². The van der Waals surface area contributed by atoms with Gasteiger partial charge in [0.2, 0.25) is 5.91 Å². The second-order valence-electron chi connectivity index (χ2n) is 4.32. The fourth-order valence-corrected chi connectivity index (χ4v) is 1.89. The zero-order chi connectivity index (χ0) is 11.8. The molecular weight excluding hydrogens is 204 g/mol. The highest BCUT2D eigenvalue weighted by Gasteiger charge is 2.19. The highest BCUT2D eigenvalue weighted by molar-refractivity contribution is 5.78. The lowest BCUT2D eigenvalue weighted by Crippen LogP contribution is -2.50. The molecule has 4 nitrogen and oxygen atoms in total. The molecular formula is C12H24N2O2. The molecule has 0 saturated carbocycles. The van der Waals surface area contributed by atoms with Crippen LogP contribution in [0.3, 0.4) is 0 Å². The molecule has 1 rings (SSSR count). The van der Waals surface area contributed by atoms with Gasteiger partial charge >= 0.3 is 0 Å². The highest BCUT2D eigenvalue weighted by Crippen LogP contribution is 2.12. The van der Waals surface area contributed by atoms with Gasteiger partial charge in [-0.25, -0.2) is 5.01 Å². The molecule has 0 aromatic carbocycles. The van der Waals surface area contributed by atoms with Gasteiger partial charge in [-0.3, -0.25) is 10.2 Å². The minimum absolute atomic E-state index is 0.169. The number of hydrogen-bond donors (Lipinski definition) is 1. The highest BCUT2D eigenvalue weighted by atomic mass is 16.5. The average molecular weight is 228 g/mol. The number of unbranched alkanes of at least 4 members (excludes halogenated alkanes) is 1. The molecule has 0 unspecified atom stereocenters. The van der Waals surface area contributed by atoms with Crippen molar-refractivity contribution in [3.63, 3.8) is 0 Å². The molecule has 0 radical (unpaired) electrons. The molecule has 0 aliphatic carbocycles. The third kappa shape index (κ3) is 4.49. The number of hydrogen-bond acceptors (Lipinski definition) is 3. The van der Waals surface area contributed by atoms with E-state index in [0.717, 1.165) is 38.8 Å². The van der Waals surface area contributed by atoms with E-state index in [1.165, 1.54) is 0 Å². The normalized spacial score (nSPS) is 19.4. The van der Waals surface area contributed by atoms with Crippen LogP contribution in [0.25, 0.3) is 0 Å². The van der Waals surface area contributed by atoms with Crippen LogP contribution in [0.5, 0.6) is 0 Å². The number of nitrogens with one attached hydrogen (secondary N) is 1. The van der Waals surface area contributed by atoms with Crippen LogP contribution >= 0.6 is 0 Å². The first-order valence-corrected chi connectivity index (χ1v) is 6.41. The Kier molecular flexibility index (Phi) is 6.42. The molecule has 0 spiro atoms. The van der Waals surface area contributed by atoms with Crippen LogP contribution in [-0.4, -0.2) is 37.2 Å². The molecule has 1 aliphatic heterocycles. The summed E-state index contributed by atoms with van der Waals surface area (Å²) >= 11 is 0. The molecule has 1 aliphatic rings. The number of nitrogens with zero attached hydrogens (tertiary/aromatic N) is 1. The van der Waals surface area contributed by atoms with E-state index >= 15 is 0 Å². The third-order valence-corrected chi connectivity index (χ3v) is 3.05. The number of morpholine rings is 1. The Morgan fingerprint density at radius 2 is 2.06 bits per heavy atom. The molecule has 1 atom stereocenters. The molecule has 16 heavy (non-hydrogen) atoms. The average Bonchev–Trinajstić information content (AvgIpc) is 2.31. The second kappa shape index (κ2) is 7.63. The summed E-state index contributed by atoms with van der Waals surface area (Å²) < 4.78 is 5.24. The van der Waals surface area contributed by atoms with E-state index in [9.17, 15) is 4.79 Å². The molecule has 0 bridgehead atoms. The van der Waals surface area contributed by atoms with Crippen molar-refractivity contribution in [3.05, 3.63) is 0 Å². The molecule has 1 heterocycles. The molecule has 0 aromatic rings. The number of ether oxygens (including phenoxy) is 1. The van der Waals surface area contributed by atoms with E-state index in [0.29, 0.717) is 13.2 Å². The van der Waals surface area contributed by atoms with Crippen LogP contribution in [0.15, 0.2) is 0 Å². The molecule has 0 aromatic heterocycles. The molecule has 1 N–H and O–H groups in total. The topological polar surface area (TPSA) is 41.6 Å². The lowest BCUT2D eigenvalue weighted by atomic mass is 9.99. The maximum atomic E-state index is 12.0. The maximum absolute atomic E-state index is 12.0. The van der Waals surface area contributed by atoms with Crippen molar-refractivity contribution in [2.75, 3.05) is 26.3 Å². The minimum Gasteiger partial charge on any atom is -0.379 e. The van der Waals surface area contributed by atoms with Gasteiger partial charge < -0.3 is 4.74 Å². The summed E-state index contributed by atoms with van der Waals surface area (Å²) in [6.07, 6.45) is 4.22. The van der Waals surface area contributed by atoms with Crippen LogP contribution < -0.4 is 5.43 Å². The standard InChI is InChI=1S/C12H24N2O2/c1-3-5-6-11(4-2)12(15)13-14-7-9-16-10-8-14/h11H,3-10H2,1-2H3,(H,13,15)/t11-/m1/s1. The Balaban J connectivity index is 2.29. The molecule has 94 valence electrons. The number of hydrazine groups is 1. The van der Waals surface area contributed by atoms with Gasteiger partial charge in [0.05, 0.1) is 13.2 Å². The van der Waals surface area contributed by atoms with Gasteiger partial charge in [-0.15, -0.1) is 0 Å². The summed E-state index contributed by atoms with van der Waals surface area (Å²) in [5.74, 6) is 0.348. The van der Waals surface area contributed by atoms with E-state index in [2.05, 4.69) is 19.3 Å². The largest absolute Gasteiger partial charge is 0.379 e. The van der Waals surface area contributed by atoms with E-state index in [4.69, 9.17) is 4.74 Å². The quantitative estimate of drug-likeness (QED) is 0.750. The first-order valence-electron chi connectivity index (χ1n) is 6.41. The first kappa shape index (κ1) is 13.5. The fraction of sp³-hybridized carbons (Fsp3) is 0.917.